The third-order valence-electron chi connectivity index (χ3n) is 2.62. The summed E-state index contributed by atoms with van der Waals surface area (Å²) in [5.74, 6) is 1.38. The number of hydrogen-bond acceptors (Lipinski definition) is 3. The van der Waals surface area contributed by atoms with Gasteiger partial charge in [-0.25, -0.2) is 0 Å². The quantitative estimate of drug-likeness (QED) is 0.747. The monoisotopic (exact) mass is 224 g/mol. The number of rotatable bonds is 4. The van der Waals surface area contributed by atoms with Crippen LogP contribution in [0.4, 0.5) is 0 Å². The summed E-state index contributed by atoms with van der Waals surface area (Å²) in [5, 5.41) is 0. The van der Waals surface area contributed by atoms with Crippen molar-refractivity contribution in [1.29, 1.82) is 0 Å². The lowest BCUT2D eigenvalue weighted by atomic mass is 10.1. The Labute approximate surface area is 93.4 Å². The van der Waals surface area contributed by atoms with Crippen molar-refractivity contribution in [2.24, 2.45) is 5.92 Å². The van der Waals surface area contributed by atoms with Crippen LogP contribution in [-0.4, -0.2) is 23.4 Å². The number of hydrazine groups is 1. The Morgan fingerprint density at radius 3 is 2.53 bits per heavy atom. The summed E-state index contributed by atoms with van der Waals surface area (Å²) in [6, 6.07) is 9.69. The molecule has 1 unspecified atom stereocenters. The van der Waals surface area contributed by atoms with Gasteiger partial charge in [0.2, 0.25) is 0 Å². The summed E-state index contributed by atoms with van der Waals surface area (Å²) in [4.78, 5) is 0.941. The lowest BCUT2D eigenvalue weighted by molar-refractivity contribution is 0.561. The van der Waals surface area contributed by atoms with Crippen molar-refractivity contribution in [3.8, 4) is 0 Å². The molecule has 0 saturated carbocycles. The summed E-state index contributed by atoms with van der Waals surface area (Å²) in [6.07, 6.45) is 1.02. The Kier molecular flexibility index (Phi) is 4.02. The Morgan fingerprint density at radius 2 is 1.87 bits per heavy atom. The van der Waals surface area contributed by atoms with E-state index in [2.05, 4.69) is 10.9 Å². The van der Waals surface area contributed by atoms with Crippen molar-refractivity contribution < 1.29 is 4.55 Å². The van der Waals surface area contributed by atoms with Crippen LogP contribution >= 0.6 is 0 Å². The van der Waals surface area contributed by atoms with Crippen molar-refractivity contribution in [2.45, 2.75) is 11.3 Å². The van der Waals surface area contributed by atoms with Crippen LogP contribution in [0, 0.1) is 5.92 Å². The van der Waals surface area contributed by atoms with Crippen molar-refractivity contribution >= 4 is 11.2 Å². The Hall–Kier alpha value is -0.550. The van der Waals surface area contributed by atoms with Gasteiger partial charge in [0.1, 0.15) is 5.75 Å². The minimum Gasteiger partial charge on any atom is -0.611 e. The predicted molar refractivity (Wildman–Crippen MR) is 61.8 cm³/mol. The van der Waals surface area contributed by atoms with E-state index in [1.165, 1.54) is 0 Å². The van der Waals surface area contributed by atoms with Gasteiger partial charge in [0, 0.05) is 13.1 Å². The van der Waals surface area contributed by atoms with E-state index in [-0.39, 0.29) is 0 Å². The highest BCUT2D eigenvalue weighted by atomic mass is 32.2. The maximum atomic E-state index is 11.9. The second kappa shape index (κ2) is 5.51. The van der Waals surface area contributed by atoms with Gasteiger partial charge in [-0.2, -0.15) is 0 Å². The first-order valence-corrected chi connectivity index (χ1v) is 6.57. The van der Waals surface area contributed by atoms with E-state index in [1.54, 1.807) is 0 Å². The third-order valence-corrected chi connectivity index (χ3v) is 4.03. The van der Waals surface area contributed by atoms with Gasteiger partial charge >= 0.3 is 0 Å². The van der Waals surface area contributed by atoms with E-state index in [1.807, 2.05) is 30.3 Å². The van der Waals surface area contributed by atoms with Crippen LogP contribution in [0.5, 0.6) is 0 Å². The molecule has 1 heterocycles. The summed E-state index contributed by atoms with van der Waals surface area (Å²) in [6.45, 7) is 1.98. The number of nitrogens with one attached hydrogen (secondary N) is 2. The van der Waals surface area contributed by atoms with E-state index in [0.29, 0.717) is 5.92 Å². The Morgan fingerprint density at radius 1 is 1.20 bits per heavy atom. The molecular formula is C11H16N2OS. The molecule has 1 aromatic carbocycles. The fraction of sp³-hybridized carbons (Fsp3) is 0.455. The van der Waals surface area contributed by atoms with E-state index < -0.39 is 11.2 Å². The molecule has 3 nitrogen and oxygen atoms in total. The first-order chi connectivity index (χ1) is 7.36. The van der Waals surface area contributed by atoms with Crippen molar-refractivity contribution in [2.75, 3.05) is 18.8 Å². The first kappa shape index (κ1) is 11.0. The number of hydrogen-bond donors (Lipinski definition) is 2. The van der Waals surface area contributed by atoms with E-state index in [0.717, 1.165) is 30.2 Å². The lowest BCUT2D eigenvalue weighted by Gasteiger charge is -2.12. The van der Waals surface area contributed by atoms with Crippen LogP contribution in [0.1, 0.15) is 6.42 Å². The van der Waals surface area contributed by atoms with Gasteiger partial charge in [-0.15, -0.1) is 0 Å². The van der Waals surface area contributed by atoms with Gasteiger partial charge in [-0.3, -0.25) is 10.9 Å². The molecule has 2 N–H and O–H groups in total. The highest BCUT2D eigenvalue weighted by Crippen LogP contribution is 2.14. The van der Waals surface area contributed by atoms with Crippen molar-refractivity contribution in [3.63, 3.8) is 0 Å². The fourth-order valence-corrected chi connectivity index (χ4v) is 2.92. The zero-order valence-electron chi connectivity index (χ0n) is 8.61. The molecule has 2 rings (SSSR count). The highest BCUT2D eigenvalue weighted by molar-refractivity contribution is 7.91. The fourth-order valence-electron chi connectivity index (χ4n) is 1.67. The molecule has 4 heteroatoms. The molecule has 1 aliphatic heterocycles. The molecular weight excluding hydrogens is 208 g/mol. The molecule has 0 radical (unpaired) electrons. The Bertz CT molecular complexity index is 288. The van der Waals surface area contributed by atoms with Crippen LogP contribution < -0.4 is 10.9 Å². The maximum absolute atomic E-state index is 11.9. The topological polar surface area (TPSA) is 47.1 Å². The SMILES string of the molecule is [O-][S+](CCC1CNNC1)c1ccccc1. The Balaban J connectivity index is 1.79. The molecule has 1 aromatic rings. The van der Waals surface area contributed by atoms with Crippen LogP contribution in [-0.2, 0) is 11.2 Å². The molecule has 0 bridgehead atoms. The number of benzene rings is 1. The second-order valence-corrected chi connectivity index (χ2v) is 5.35. The van der Waals surface area contributed by atoms with Crippen LogP contribution in [0.15, 0.2) is 35.2 Å². The van der Waals surface area contributed by atoms with E-state index >= 15 is 0 Å². The van der Waals surface area contributed by atoms with Crippen molar-refractivity contribution in [1.82, 2.24) is 10.9 Å². The predicted octanol–water partition coefficient (Wildman–Crippen LogP) is 0.908. The summed E-state index contributed by atoms with van der Waals surface area (Å²) < 4.78 is 11.9. The summed E-state index contributed by atoms with van der Waals surface area (Å²) in [7, 11) is 0. The summed E-state index contributed by atoms with van der Waals surface area (Å²) in [5.41, 5.74) is 6.17. The average Bonchev–Trinajstić information content (AvgIpc) is 2.80. The summed E-state index contributed by atoms with van der Waals surface area (Å²) >= 11 is -0.835. The molecule has 1 aliphatic rings. The molecule has 0 amide bonds. The van der Waals surface area contributed by atoms with Gasteiger partial charge in [-0.05, 0) is 35.6 Å². The molecule has 1 fully saturated rings. The van der Waals surface area contributed by atoms with Gasteiger partial charge in [0.25, 0.3) is 0 Å². The van der Waals surface area contributed by atoms with Gasteiger partial charge in [-0.1, -0.05) is 18.2 Å². The van der Waals surface area contributed by atoms with Crippen molar-refractivity contribution in [3.05, 3.63) is 30.3 Å². The first-order valence-electron chi connectivity index (χ1n) is 5.25. The largest absolute Gasteiger partial charge is 0.611 e. The molecule has 1 atom stereocenters. The average molecular weight is 224 g/mol. The molecule has 82 valence electrons. The third kappa shape index (κ3) is 3.21. The smallest absolute Gasteiger partial charge is 0.152 e. The van der Waals surface area contributed by atoms with Crippen LogP contribution in [0.25, 0.3) is 0 Å². The van der Waals surface area contributed by atoms with Crippen LogP contribution in [0.2, 0.25) is 0 Å². The standard InChI is InChI=1S/C11H16N2OS/c14-15(11-4-2-1-3-5-11)7-6-10-8-12-13-9-10/h1-5,10,12-13H,6-9H2. The van der Waals surface area contributed by atoms with Gasteiger partial charge < -0.3 is 4.55 Å². The minimum absolute atomic E-state index is 0.623. The van der Waals surface area contributed by atoms with Crippen LogP contribution in [0.3, 0.4) is 0 Å². The zero-order chi connectivity index (χ0) is 10.5. The highest BCUT2D eigenvalue weighted by Gasteiger charge is 2.18. The lowest BCUT2D eigenvalue weighted by Crippen LogP contribution is -2.21. The van der Waals surface area contributed by atoms with E-state index in [4.69, 9.17) is 0 Å². The maximum Gasteiger partial charge on any atom is 0.152 e. The molecule has 15 heavy (non-hydrogen) atoms. The normalized spacial score (nSPS) is 19.3. The van der Waals surface area contributed by atoms with Gasteiger partial charge in [0.15, 0.2) is 4.90 Å². The second-order valence-electron chi connectivity index (χ2n) is 3.78. The van der Waals surface area contributed by atoms with E-state index in [9.17, 15) is 4.55 Å². The molecule has 0 spiro atoms. The zero-order valence-corrected chi connectivity index (χ0v) is 9.43. The molecule has 0 aromatic heterocycles. The molecule has 1 saturated heterocycles. The minimum atomic E-state index is -0.835. The molecule has 0 aliphatic carbocycles. The van der Waals surface area contributed by atoms with Gasteiger partial charge in [0.05, 0.1) is 0 Å².